The Balaban J connectivity index is 1.49. The van der Waals surface area contributed by atoms with Crippen LogP contribution >= 0.6 is 0 Å². The van der Waals surface area contributed by atoms with E-state index in [0.717, 1.165) is 12.0 Å². The number of amides is 1. The van der Waals surface area contributed by atoms with Crippen LogP contribution in [-0.4, -0.2) is 36.9 Å². The highest BCUT2D eigenvalue weighted by Crippen LogP contribution is 2.30. The first-order chi connectivity index (χ1) is 12.6. The van der Waals surface area contributed by atoms with Crippen LogP contribution in [0.5, 0.6) is 11.5 Å². The van der Waals surface area contributed by atoms with Crippen LogP contribution in [0.2, 0.25) is 0 Å². The van der Waals surface area contributed by atoms with Gasteiger partial charge in [-0.05, 0) is 30.7 Å². The van der Waals surface area contributed by atoms with Crippen molar-refractivity contribution in [2.24, 2.45) is 0 Å². The smallest absolute Gasteiger partial charge is 0.331 e. The second kappa shape index (κ2) is 8.19. The van der Waals surface area contributed by atoms with Crippen molar-refractivity contribution in [3.63, 3.8) is 0 Å². The van der Waals surface area contributed by atoms with E-state index in [0.29, 0.717) is 30.5 Å². The minimum atomic E-state index is -0.636. The molecule has 26 heavy (non-hydrogen) atoms. The SMILES string of the molecule is Cc1cc(NC(=O)COC(=O)/C=C/c2ccc3c(c2)OCCCO3)no1. The molecule has 8 heteroatoms. The van der Waals surface area contributed by atoms with Crippen molar-refractivity contribution in [1.29, 1.82) is 0 Å². The summed E-state index contributed by atoms with van der Waals surface area (Å²) in [5.41, 5.74) is 0.758. The lowest BCUT2D eigenvalue weighted by Crippen LogP contribution is -2.20. The van der Waals surface area contributed by atoms with Crippen molar-refractivity contribution >= 4 is 23.8 Å². The lowest BCUT2D eigenvalue weighted by atomic mass is 10.2. The van der Waals surface area contributed by atoms with Gasteiger partial charge in [-0.1, -0.05) is 11.2 Å². The van der Waals surface area contributed by atoms with Crippen molar-refractivity contribution < 1.29 is 28.3 Å². The molecule has 0 bridgehead atoms. The van der Waals surface area contributed by atoms with Gasteiger partial charge in [0.25, 0.3) is 5.91 Å². The van der Waals surface area contributed by atoms with Gasteiger partial charge >= 0.3 is 5.97 Å². The number of anilines is 1. The van der Waals surface area contributed by atoms with Crippen LogP contribution in [0.4, 0.5) is 5.82 Å². The molecule has 1 N–H and O–H groups in total. The minimum absolute atomic E-state index is 0.270. The van der Waals surface area contributed by atoms with Crippen molar-refractivity contribution in [3.05, 3.63) is 41.7 Å². The molecular formula is C18H18N2O6. The number of aromatic nitrogens is 1. The fourth-order valence-corrected chi connectivity index (χ4v) is 2.24. The van der Waals surface area contributed by atoms with Gasteiger partial charge in [0.05, 0.1) is 13.2 Å². The Labute approximate surface area is 149 Å². The van der Waals surface area contributed by atoms with Gasteiger partial charge in [0.15, 0.2) is 23.9 Å². The normalized spacial score (nSPS) is 13.3. The maximum absolute atomic E-state index is 11.7. The Morgan fingerprint density at radius 1 is 1.23 bits per heavy atom. The topological polar surface area (TPSA) is 99.9 Å². The Morgan fingerprint density at radius 3 is 2.81 bits per heavy atom. The lowest BCUT2D eigenvalue weighted by Gasteiger charge is -2.07. The summed E-state index contributed by atoms with van der Waals surface area (Å²) in [6.45, 7) is 2.48. The zero-order chi connectivity index (χ0) is 18.4. The lowest BCUT2D eigenvalue weighted by molar-refractivity contribution is -0.142. The summed E-state index contributed by atoms with van der Waals surface area (Å²) in [5, 5.41) is 6.07. The molecule has 1 aromatic heterocycles. The summed E-state index contributed by atoms with van der Waals surface area (Å²) in [4.78, 5) is 23.4. The molecular weight excluding hydrogens is 340 g/mol. The summed E-state index contributed by atoms with van der Waals surface area (Å²) < 4.78 is 20.8. The summed E-state index contributed by atoms with van der Waals surface area (Å²) in [7, 11) is 0. The van der Waals surface area contributed by atoms with E-state index >= 15 is 0 Å². The molecule has 0 spiro atoms. The third kappa shape index (κ3) is 4.85. The van der Waals surface area contributed by atoms with Crippen LogP contribution in [0.1, 0.15) is 17.7 Å². The first-order valence-electron chi connectivity index (χ1n) is 8.08. The fraction of sp³-hybridized carbons (Fsp3) is 0.278. The summed E-state index contributed by atoms with van der Waals surface area (Å²) in [6.07, 6.45) is 3.64. The average Bonchev–Trinajstić information content (AvgIpc) is 2.90. The van der Waals surface area contributed by atoms with Crippen molar-refractivity contribution in [3.8, 4) is 11.5 Å². The predicted octanol–water partition coefficient (Wildman–Crippen LogP) is 2.34. The second-order valence-electron chi connectivity index (χ2n) is 5.57. The fourth-order valence-electron chi connectivity index (χ4n) is 2.24. The zero-order valence-electron chi connectivity index (χ0n) is 14.2. The van der Waals surface area contributed by atoms with Crippen LogP contribution in [0.15, 0.2) is 34.9 Å². The number of hydrogen-bond donors (Lipinski definition) is 1. The molecule has 0 fully saturated rings. The molecule has 1 aliphatic rings. The standard InChI is InChI=1S/C18H18N2O6/c1-12-9-16(20-26-12)19-17(21)11-25-18(22)6-4-13-3-5-14-15(10-13)24-8-2-7-23-14/h3-6,9-10H,2,7-8,11H2,1H3,(H,19,20,21)/b6-4+. The van der Waals surface area contributed by atoms with E-state index in [9.17, 15) is 9.59 Å². The minimum Gasteiger partial charge on any atom is -0.490 e. The highest BCUT2D eigenvalue weighted by molar-refractivity contribution is 5.94. The first kappa shape index (κ1) is 17.5. The summed E-state index contributed by atoms with van der Waals surface area (Å²) in [5.74, 6) is 1.02. The number of ether oxygens (including phenoxy) is 3. The van der Waals surface area contributed by atoms with Gasteiger partial charge in [-0.3, -0.25) is 4.79 Å². The average molecular weight is 358 g/mol. The first-order valence-corrected chi connectivity index (χ1v) is 8.08. The van der Waals surface area contributed by atoms with Gasteiger partial charge in [0.1, 0.15) is 5.76 Å². The number of nitrogens with zero attached hydrogens (tertiary/aromatic N) is 1. The Hall–Kier alpha value is -3.29. The number of carbonyl (C=O) groups excluding carboxylic acids is 2. The Bertz CT molecular complexity index is 827. The number of rotatable bonds is 5. The molecule has 1 aromatic carbocycles. The maximum Gasteiger partial charge on any atom is 0.331 e. The van der Waals surface area contributed by atoms with Crippen LogP contribution < -0.4 is 14.8 Å². The monoisotopic (exact) mass is 358 g/mol. The highest BCUT2D eigenvalue weighted by atomic mass is 16.5. The molecule has 2 aromatic rings. The molecule has 0 unspecified atom stereocenters. The molecule has 2 heterocycles. The predicted molar refractivity (Wildman–Crippen MR) is 91.9 cm³/mol. The molecule has 0 saturated heterocycles. The van der Waals surface area contributed by atoms with E-state index in [1.54, 1.807) is 37.3 Å². The summed E-state index contributed by atoms with van der Waals surface area (Å²) in [6, 6.07) is 6.93. The maximum atomic E-state index is 11.7. The highest BCUT2D eigenvalue weighted by Gasteiger charge is 2.11. The molecule has 136 valence electrons. The number of fused-ring (bicyclic) bond motifs is 1. The van der Waals surface area contributed by atoms with E-state index in [1.807, 2.05) is 0 Å². The molecule has 0 radical (unpaired) electrons. The van der Waals surface area contributed by atoms with E-state index in [-0.39, 0.29) is 5.82 Å². The number of nitrogens with one attached hydrogen (secondary N) is 1. The quantitative estimate of drug-likeness (QED) is 0.647. The molecule has 0 atom stereocenters. The molecule has 1 amide bonds. The number of aryl methyl sites for hydroxylation is 1. The van der Waals surface area contributed by atoms with Crippen LogP contribution in [0, 0.1) is 6.92 Å². The van der Waals surface area contributed by atoms with Gasteiger partial charge in [-0.2, -0.15) is 0 Å². The van der Waals surface area contributed by atoms with E-state index in [1.165, 1.54) is 6.08 Å². The number of carbonyl (C=O) groups is 2. The van der Waals surface area contributed by atoms with Crippen molar-refractivity contribution in [1.82, 2.24) is 5.16 Å². The van der Waals surface area contributed by atoms with E-state index in [2.05, 4.69) is 10.5 Å². The Kier molecular flexibility index (Phi) is 5.52. The second-order valence-corrected chi connectivity index (χ2v) is 5.57. The van der Waals surface area contributed by atoms with E-state index in [4.69, 9.17) is 18.7 Å². The number of benzene rings is 1. The van der Waals surface area contributed by atoms with Crippen molar-refractivity contribution in [2.75, 3.05) is 25.1 Å². The van der Waals surface area contributed by atoms with Gasteiger partial charge in [-0.15, -0.1) is 0 Å². The zero-order valence-corrected chi connectivity index (χ0v) is 14.2. The van der Waals surface area contributed by atoms with Gasteiger partial charge in [-0.25, -0.2) is 4.79 Å². The van der Waals surface area contributed by atoms with Gasteiger partial charge in [0, 0.05) is 18.6 Å². The van der Waals surface area contributed by atoms with Crippen LogP contribution in [0.25, 0.3) is 6.08 Å². The molecule has 8 nitrogen and oxygen atoms in total. The van der Waals surface area contributed by atoms with Crippen molar-refractivity contribution in [2.45, 2.75) is 13.3 Å². The van der Waals surface area contributed by atoms with E-state index < -0.39 is 18.5 Å². The molecule has 0 aliphatic carbocycles. The van der Waals surface area contributed by atoms with Crippen LogP contribution in [-0.2, 0) is 14.3 Å². The molecule has 0 saturated carbocycles. The number of hydrogen-bond acceptors (Lipinski definition) is 7. The molecule has 3 rings (SSSR count). The largest absolute Gasteiger partial charge is 0.490 e. The summed E-state index contributed by atoms with van der Waals surface area (Å²) >= 11 is 0. The Morgan fingerprint density at radius 2 is 2.04 bits per heavy atom. The molecule has 1 aliphatic heterocycles. The third-order valence-corrected chi connectivity index (χ3v) is 3.42. The van der Waals surface area contributed by atoms with Gasteiger partial charge in [0.2, 0.25) is 0 Å². The van der Waals surface area contributed by atoms with Gasteiger partial charge < -0.3 is 24.1 Å². The van der Waals surface area contributed by atoms with Crippen LogP contribution in [0.3, 0.4) is 0 Å². The number of esters is 1. The third-order valence-electron chi connectivity index (χ3n) is 3.42.